The van der Waals surface area contributed by atoms with Crippen LogP contribution in [-0.4, -0.2) is 59.1 Å². The number of hydrogen-bond donors (Lipinski definition) is 2. The molecule has 1 aliphatic carbocycles. The van der Waals surface area contributed by atoms with E-state index in [9.17, 15) is 13.2 Å². The van der Waals surface area contributed by atoms with E-state index < -0.39 is 22.5 Å². The van der Waals surface area contributed by atoms with Gasteiger partial charge in [0.15, 0.2) is 0 Å². The van der Waals surface area contributed by atoms with E-state index in [0.717, 1.165) is 24.7 Å². The highest BCUT2D eigenvalue weighted by molar-refractivity contribution is 6.56. The van der Waals surface area contributed by atoms with Crippen molar-refractivity contribution >= 4 is 41.1 Å². The first-order valence-corrected chi connectivity index (χ1v) is 10.4. The van der Waals surface area contributed by atoms with E-state index in [2.05, 4.69) is 25.7 Å². The van der Waals surface area contributed by atoms with E-state index in [1.165, 1.54) is 0 Å². The highest BCUT2D eigenvalue weighted by atomic mass is 19.4. The van der Waals surface area contributed by atoms with Gasteiger partial charge in [0.2, 0.25) is 5.95 Å². The molecule has 1 saturated carbocycles. The average molecular weight is 442 g/mol. The number of halogens is 3. The van der Waals surface area contributed by atoms with Crippen LogP contribution >= 0.6 is 0 Å². The SMILES string of the molecule is BC(B)(B)n1nc(C(C)(C)n2cccn2)cc1Nc1ncc(C(F)(F)F)c(NC2CC2)n1. The summed E-state index contributed by atoms with van der Waals surface area (Å²) in [7, 11) is 5.97. The largest absolute Gasteiger partial charge is 0.421 e. The van der Waals surface area contributed by atoms with Crippen molar-refractivity contribution in [2.24, 2.45) is 0 Å². The summed E-state index contributed by atoms with van der Waals surface area (Å²) in [5.41, 5.74) is -0.683. The van der Waals surface area contributed by atoms with Crippen molar-refractivity contribution < 1.29 is 13.2 Å². The zero-order chi connectivity index (χ0) is 23.3. The Morgan fingerprint density at radius 1 is 1.16 bits per heavy atom. The first kappa shape index (κ1) is 22.3. The molecule has 1 aliphatic rings. The van der Waals surface area contributed by atoms with E-state index >= 15 is 0 Å². The summed E-state index contributed by atoms with van der Waals surface area (Å²) < 4.78 is 43.8. The van der Waals surface area contributed by atoms with Gasteiger partial charge in [-0.2, -0.15) is 28.4 Å². The van der Waals surface area contributed by atoms with Crippen LogP contribution in [0.1, 0.15) is 37.9 Å². The predicted molar refractivity (Wildman–Crippen MR) is 123 cm³/mol. The van der Waals surface area contributed by atoms with E-state index in [-0.39, 0.29) is 17.8 Å². The maximum atomic E-state index is 13.4. The van der Waals surface area contributed by atoms with Crippen molar-refractivity contribution in [2.75, 3.05) is 10.6 Å². The van der Waals surface area contributed by atoms with E-state index in [1.54, 1.807) is 15.6 Å². The van der Waals surface area contributed by atoms with Crippen LogP contribution in [0.2, 0.25) is 0 Å². The Bertz CT molecular complexity index is 1100. The zero-order valence-electron chi connectivity index (χ0n) is 18.7. The summed E-state index contributed by atoms with van der Waals surface area (Å²) in [6.07, 6.45) is 1.49. The number of anilines is 3. The third-order valence-electron chi connectivity index (χ3n) is 5.30. The monoisotopic (exact) mass is 442 g/mol. The number of nitrogens with one attached hydrogen (secondary N) is 2. The molecule has 3 aromatic heterocycles. The fraction of sp³-hybridized carbons (Fsp3) is 0.444. The Morgan fingerprint density at radius 2 is 1.88 bits per heavy atom. The molecular weight excluding hydrogens is 418 g/mol. The Labute approximate surface area is 186 Å². The first-order chi connectivity index (χ1) is 14.9. The van der Waals surface area contributed by atoms with Gasteiger partial charge in [0.1, 0.15) is 46.3 Å². The lowest BCUT2D eigenvalue weighted by molar-refractivity contribution is -0.137. The Morgan fingerprint density at radius 3 is 2.44 bits per heavy atom. The molecule has 0 aliphatic heterocycles. The maximum Gasteiger partial charge on any atom is 0.421 e. The normalized spacial score (nSPS) is 15.0. The molecular formula is C18H24B3F3N8. The number of alkyl halides is 3. The summed E-state index contributed by atoms with van der Waals surface area (Å²) in [6.45, 7) is 3.98. The molecule has 3 aromatic rings. The van der Waals surface area contributed by atoms with Crippen molar-refractivity contribution in [3.63, 3.8) is 0 Å². The quantitative estimate of drug-likeness (QED) is 0.518. The van der Waals surface area contributed by atoms with Crippen LogP contribution in [0.5, 0.6) is 0 Å². The molecule has 0 unspecified atom stereocenters. The second kappa shape index (κ2) is 7.59. The molecule has 3 heterocycles. The zero-order valence-corrected chi connectivity index (χ0v) is 18.7. The van der Waals surface area contributed by atoms with Crippen molar-refractivity contribution in [1.29, 1.82) is 0 Å². The number of hydrogen-bond acceptors (Lipinski definition) is 6. The third-order valence-corrected chi connectivity index (χ3v) is 5.30. The van der Waals surface area contributed by atoms with Gasteiger partial charge in [-0.1, -0.05) is 0 Å². The molecule has 0 atom stereocenters. The molecule has 0 amide bonds. The highest BCUT2D eigenvalue weighted by Crippen LogP contribution is 2.36. The van der Waals surface area contributed by atoms with Gasteiger partial charge < -0.3 is 10.6 Å². The molecule has 166 valence electrons. The smallest absolute Gasteiger partial charge is 0.367 e. The number of nitrogens with zero attached hydrogens (tertiary/aromatic N) is 6. The highest BCUT2D eigenvalue weighted by Gasteiger charge is 2.37. The maximum absolute atomic E-state index is 13.4. The molecule has 2 N–H and O–H groups in total. The standard InChI is InChI=1S/C18H24B3F3N8/c1-16(2,31-7-3-6-26-31)12-8-13(32(30-12)18(19,20)21)28-15-25-9-11(17(22,23)24)14(29-15)27-10-4-5-10/h3,6-10H,4-5,19-21H2,1-2H3,(H2,25,27,28,29). The van der Waals surface area contributed by atoms with Crippen LogP contribution < -0.4 is 10.6 Å². The lowest BCUT2D eigenvalue weighted by Crippen LogP contribution is -2.37. The lowest BCUT2D eigenvalue weighted by atomic mass is 9.49. The minimum absolute atomic E-state index is 0.0143. The summed E-state index contributed by atoms with van der Waals surface area (Å²) in [6, 6.07) is 3.70. The number of aromatic nitrogens is 6. The van der Waals surface area contributed by atoms with Crippen LogP contribution in [0.15, 0.2) is 30.7 Å². The molecule has 0 aromatic carbocycles. The topological polar surface area (TPSA) is 85.5 Å². The molecule has 14 heteroatoms. The summed E-state index contributed by atoms with van der Waals surface area (Å²) in [4.78, 5) is 8.08. The molecule has 1 fully saturated rings. The molecule has 0 saturated heterocycles. The van der Waals surface area contributed by atoms with Crippen molar-refractivity contribution in [3.8, 4) is 0 Å². The second-order valence-corrected chi connectivity index (χ2v) is 9.50. The van der Waals surface area contributed by atoms with Gasteiger partial charge in [0.25, 0.3) is 0 Å². The van der Waals surface area contributed by atoms with E-state index in [0.29, 0.717) is 5.82 Å². The van der Waals surface area contributed by atoms with Gasteiger partial charge in [-0.15, -0.1) is 0 Å². The molecule has 0 radical (unpaired) electrons. The lowest BCUT2D eigenvalue weighted by Gasteiger charge is -2.25. The van der Waals surface area contributed by atoms with Gasteiger partial charge in [0.05, 0.1) is 5.69 Å². The summed E-state index contributed by atoms with van der Waals surface area (Å²) >= 11 is 0. The second-order valence-electron chi connectivity index (χ2n) is 9.50. The molecule has 0 bridgehead atoms. The fourth-order valence-corrected chi connectivity index (χ4v) is 3.29. The molecule has 8 nitrogen and oxygen atoms in total. The Hall–Kier alpha value is -2.92. The average Bonchev–Trinajstić information content (AvgIpc) is 3.16. The van der Waals surface area contributed by atoms with Crippen LogP contribution in [0.4, 0.5) is 30.8 Å². The number of rotatable bonds is 7. The van der Waals surface area contributed by atoms with Crippen molar-refractivity contribution in [1.82, 2.24) is 29.5 Å². The summed E-state index contributed by atoms with van der Waals surface area (Å²) in [5, 5.41) is 14.7. The van der Waals surface area contributed by atoms with Crippen molar-refractivity contribution in [2.45, 2.75) is 49.7 Å². The van der Waals surface area contributed by atoms with Crippen LogP contribution in [-0.2, 0) is 17.0 Å². The van der Waals surface area contributed by atoms with Gasteiger partial charge in [-0.3, -0.25) is 9.36 Å². The Balaban J connectivity index is 1.71. The minimum atomic E-state index is -4.54. The van der Waals surface area contributed by atoms with Gasteiger partial charge in [0, 0.05) is 30.7 Å². The summed E-state index contributed by atoms with van der Waals surface area (Å²) in [5.74, 6) is 0.427. The predicted octanol–water partition coefficient (Wildman–Crippen LogP) is 0.457. The van der Waals surface area contributed by atoms with Gasteiger partial charge in [-0.05, 0) is 38.0 Å². The van der Waals surface area contributed by atoms with Gasteiger partial charge >= 0.3 is 6.18 Å². The van der Waals surface area contributed by atoms with Crippen LogP contribution in [0, 0.1) is 0 Å². The molecule has 32 heavy (non-hydrogen) atoms. The van der Waals surface area contributed by atoms with E-state index in [1.807, 2.05) is 55.7 Å². The van der Waals surface area contributed by atoms with Crippen LogP contribution in [0.3, 0.4) is 0 Å². The Kier molecular flexibility index (Phi) is 5.29. The first-order valence-electron chi connectivity index (χ1n) is 10.4. The van der Waals surface area contributed by atoms with Crippen molar-refractivity contribution in [3.05, 3.63) is 42.0 Å². The fourth-order valence-electron chi connectivity index (χ4n) is 3.29. The van der Waals surface area contributed by atoms with Gasteiger partial charge in [-0.25, -0.2) is 4.98 Å². The van der Waals surface area contributed by atoms with Crippen LogP contribution in [0.25, 0.3) is 0 Å². The molecule has 4 rings (SSSR count). The molecule has 0 spiro atoms. The third kappa shape index (κ3) is 4.49. The minimum Gasteiger partial charge on any atom is -0.367 e. The van der Waals surface area contributed by atoms with E-state index in [4.69, 9.17) is 5.10 Å².